The summed E-state index contributed by atoms with van der Waals surface area (Å²) in [6, 6.07) is 5.58. The van der Waals surface area contributed by atoms with Crippen LogP contribution in [0.3, 0.4) is 0 Å². The smallest absolute Gasteiger partial charge is 0.412 e. The van der Waals surface area contributed by atoms with Gasteiger partial charge in [-0.1, -0.05) is 15.9 Å². The average molecular weight is 371 g/mol. The highest BCUT2D eigenvalue weighted by Crippen LogP contribution is 2.53. The molecule has 0 bridgehead atoms. The normalized spacial score (nSPS) is 26.9. The van der Waals surface area contributed by atoms with Crippen molar-refractivity contribution >= 4 is 27.7 Å². The summed E-state index contributed by atoms with van der Waals surface area (Å²) in [5.74, 6) is 0. The zero-order chi connectivity index (χ0) is 16.3. The van der Waals surface area contributed by atoms with Crippen molar-refractivity contribution in [3.05, 3.63) is 28.2 Å². The van der Waals surface area contributed by atoms with E-state index in [0.29, 0.717) is 12.1 Å². The van der Waals surface area contributed by atoms with Crippen LogP contribution in [0.4, 0.5) is 14.9 Å². The number of rotatable bonds is 0. The number of benzene rings is 1. The fourth-order valence-electron chi connectivity index (χ4n) is 3.36. The third-order valence-electron chi connectivity index (χ3n) is 4.20. The molecule has 0 spiro atoms. The van der Waals surface area contributed by atoms with Gasteiger partial charge in [0.25, 0.3) is 0 Å². The van der Waals surface area contributed by atoms with E-state index in [2.05, 4.69) is 15.9 Å². The van der Waals surface area contributed by atoms with Crippen LogP contribution in [0.25, 0.3) is 0 Å². The van der Waals surface area contributed by atoms with E-state index < -0.39 is 23.5 Å². The number of carbonyl (C=O) groups excluding carboxylic acids is 1. The first kappa shape index (κ1) is 15.6. The maximum absolute atomic E-state index is 15.7. The van der Waals surface area contributed by atoms with Crippen molar-refractivity contribution in [2.24, 2.45) is 0 Å². The summed E-state index contributed by atoms with van der Waals surface area (Å²) in [5.41, 5.74) is -0.680. The monoisotopic (exact) mass is 370 g/mol. The lowest BCUT2D eigenvalue weighted by molar-refractivity contribution is 0.0139. The van der Waals surface area contributed by atoms with Gasteiger partial charge in [0, 0.05) is 35.7 Å². The number of hydrogen-bond donors (Lipinski definition) is 0. The largest absolute Gasteiger partial charge is 0.444 e. The molecule has 6 heteroatoms. The van der Waals surface area contributed by atoms with E-state index in [1.54, 1.807) is 0 Å². The molecule has 22 heavy (non-hydrogen) atoms. The van der Waals surface area contributed by atoms with Crippen LogP contribution in [-0.2, 0) is 10.4 Å². The standard InChI is InChI=1S/C16H20BrFN2O2/c1-15(2,3)22-14(21)20-8-7-16(18)11-9-10(17)5-6-12(11)19(4)13(16)20/h5-6,9,13H,7-8H2,1-4H3/t13-,16+/m0/s1. The molecule has 0 saturated carbocycles. The van der Waals surface area contributed by atoms with Crippen LogP contribution in [-0.4, -0.2) is 36.4 Å². The van der Waals surface area contributed by atoms with Crippen molar-refractivity contribution in [2.45, 2.75) is 44.6 Å². The Hall–Kier alpha value is -1.30. The van der Waals surface area contributed by atoms with Crippen LogP contribution >= 0.6 is 15.9 Å². The SMILES string of the molecule is CN1c2ccc(Br)cc2[C@]2(F)CCN(C(=O)OC(C)(C)C)[C@H]12. The zero-order valence-electron chi connectivity index (χ0n) is 13.2. The Kier molecular flexibility index (Phi) is 3.43. The van der Waals surface area contributed by atoms with Gasteiger partial charge >= 0.3 is 6.09 Å². The van der Waals surface area contributed by atoms with Gasteiger partial charge in [0.15, 0.2) is 5.67 Å². The van der Waals surface area contributed by atoms with Crippen LogP contribution in [0.5, 0.6) is 0 Å². The molecular formula is C16H20BrFN2O2. The zero-order valence-corrected chi connectivity index (χ0v) is 14.8. The Labute approximate surface area is 138 Å². The molecule has 1 aromatic rings. The van der Waals surface area contributed by atoms with Gasteiger partial charge in [-0.2, -0.15) is 0 Å². The van der Waals surface area contributed by atoms with Crippen molar-refractivity contribution in [2.75, 3.05) is 18.5 Å². The summed E-state index contributed by atoms with van der Waals surface area (Å²) in [5, 5.41) is 0. The van der Waals surface area contributed by atoms with Crippen LogP contribution in [0, 0.1) is 0 Å². The molecule has 0 aliphatic carbocycles. The number of likely N-dealkylation sites (tertiary alicyclic amines) is 1. The highest BCUT2D eigenvalue weighted by molar-refractivity contribution is 9.10. The molecule has 0 unspecified atom stereocenters. The van der Waals surface area contributed by atoms with Gasteiger partial charge in [-0.05, 0) is 39.0 Å². The van der Waals surface area contributed by atoms with E-state index >= 15 is 4.39 Å². The Morgan fingerprint density at radius 2 is 2.14 bits per heavy atom. The Morgan fingerprint density at radius 3 is 2.77 bits per heavy atom. The van der Waals surface area contributed by atoms with Gasteiger partial charge in [-0.15, -0.1) is 0 Å². The van der Waals surface area contributed by atoms with Gasteiger partial charge < -0.3 is 9.64 Å². The van der Waals surface area contributed by atoms with Crippen LogP contribution in [0.15, 0.2) is 22.7 Å². The van der Waals surface area contributed by atoms with Crippen molar-refractivity contribution < 1.29 is 13.9 Å². The lowest BCUT2D eigenvalue weighted by atomic mass is 9.95. The summed E-state index contributed by atoms with van der Waals surface area (Å²) < 4.78 is 21.9. The second-order valence-electron chi connectivity index (χ2n) is 6.93. The maximum atomic E-state index is 15.7. The highest BCUT2D eigenvalue weighted by Gasteiger charge is 2.59. The second kappa shape index (κ2) is 4.85. The number of fused-ring (bicyclic) bond motifs is 3. The van der Waals surface area contributed by atoms with E-state index in [-0.39, 0.29) is 6.42 Å². The molecule has 0 aromatic heterocycles. The van der Waals surface area contributed by atoms with Crippen molar-refractivity contribution in [1.82, 2.24) is 4.90 Å². The third-order valence-corrected chi connectivity index (χ3v) is 4.70. The number of alkyl halides is 1. The van der Waals surface area contributed by atoms with E-state index in [9.17, 15) is 4.79 Å². The van der Waals surface area contributed by atoms with E-state index in [1.165, 1.54) is 4.90 Å². The molecular weight excluding hydrogens is 351 g/mol. The second-order valence-corrected chi connectivity index (χ2v) is 7.85. The average Bonchev–Trinajstić information content (AvgIpc) is 2.83. The van der Waals surface area contributed by atoms with Crippen molar-refractivity contribution in [3.8, 4) is 0 Å². The molecule has 2 aliphatic rings. The summed E-state index contributed by atoms with van der Waals surface area (Å²) in [6.45, 7) is 5.79. The summed E-state index contributed by atoms with van der Waals surface area (Å²) >= 11 is 3.40. The Bertz CT molecular complexity index is 631. The fraction of sp³-hybridized carbons (Fsp3) is 0.562. The number of carbonyl (C=O) groups is 1. The number of halogens is 2. The van der Waals surface area contributed by atoms with Crippen molar-refractivity contribution in [1.29, 1.82) is 0 Å². The first-order valence-corrected chi connectivity index (χ1v) is 8.14. The molecule has 0 radical (unpaired) electrons. The molecule has 1 saturated heterocycles. The third kappa shape index (κ3) is 2.28. The molecule has 0 N–H and O–H groups in total. The predicted octanol–water partition coefficient (Wildman–Crippen LogP) is 4.03. The lowest BCUT2D eigenvalue weighted by Gasteiger charge is -2.33. The predicted molar refractivity (Wildman–Crippen MR) is 86.7 cm³/mol. The Balaban J connectivity index is 1.95. The minimum atomic E-state index is -1.55. The Morgan fingerprint density at radius 1 is 1.45 bits per heavy atom. The van der Waals surface area contributed by atoms with Gasteiger partial charge in [-0.25, -0.2) is 9.18 Å². The van der Waals surface area contributed by atoms with E-state index in [1.807, 2.05) is 50.9 Å². The van der Waals surface area contributed by atoms with Gasteiger partial charge in [0.05, 0.1) is 0 Å². The topological polar surface area (TPSA) is 32.8 Å². The number of nitrogens with zero attached hydrogens (tertiary/aromatic N) is 2. The molecule has 1 amide bonds. The number of amides is 1. The molecule has 4 nitrogen and oxygen atoms in total. The highest BCUT2D eigenvalue weighted by atomic mass is 79.9. The molecule has 1 fully saturated rings. The number of anilines is 1. The van der Waals surface area contributed by atoms with Crippen LogP contribution in [0.2, 0.25) is 0 Å². The summed E-state index contributed by atoms with van der Waals surface area (Å²) in [4.78, 5) is 15.7. The number of likely N-dealkylation sites (N-methyl/N-ethyl adjacent to an activating group) is 1. The van der Waals surface area contributed by atoms with Gasteiger partial charge in [0.1, 0.15) is 11.8 Å². The number of ether oxygens (including phenoxy) is 1. The van der Waals surface area contributed by atoms with Crippen LogP contribution < -0.4 is 4.90 Å². The van der Waals surface area contributed by atoms with E-state index in [4.69, 9.17) is 4.74 Å². The van der Waals surface area contributed by atoms with Crippen LogP contribution in [0.1, 0.15) is 32.8 Å². The lowest BCUT2D eigenvalue weighted by Crippen LogP contribution is -2.50. The van der Waals surface area contributed by atoms with Gasteiger partial charge in [0.2, 0.25) is 0 Å². The number of hydrogen-bond acceptors (Lipinski definition) is 3. The first-order valence-electron chi connectivity index (χ1n) is 7.35. The fourth-order valence-corrected chi connectivity index (χ4v) is 3.72. The van der Waals surface area contributed by atoms with E-state index in [0.717, 1.165) is 10.2 Å². The quantitative estimate of drug-likeness (QED) is 0.690. The van der Waals surface area contributed by atoms with Crippen molar-refractivity contribution in [3.63, 3.8) is 0 Å². The summed E-state index contributed by atoms with van der Waals surface area (Å²) in [6.07, 6.45) is -0.826. The summed E-state index contributed by atoms with van der Waals surface area (Å²) in [7, 11) is 1.82. The molecule has 120 valence electrons. The first-order chi connectivity index (χ1) is 10.1. The molecule has 3 rings (SSSR count). The minimum absolute atomic E-state index is 0.282. The minimum Gasteiger partial charge on any atom is -0.444 e. The maximum Gasteiger partial charge on any atom is 0.412 e. The van der Waals surface area contributed by atoms with Gasteiger partial charge in [-0.3, -0.25) is 4.90 Å². The molecule has 1 aromatic carbocycles. The molecule has 2 heterocycles. The molecule has 2 aliphatic heterocycles. The molecule has 2 atom stereocenters.